The topological polar surface area (TPSA) is 44.4 Å². The fourth-order valence-corrected chi connectivity index (χ4v) is 2.86. The number of thioether (sulfide) groups is 1. The van der Waals surface area contributed by atoms with Gasteiger partial charge in [-0.3, -0.25) is 0 Å². The van der Waals surface area contributed by atoms with Crippen LogP contribution >= 0.6 is 11.8 Å². The predicted molar refractivity (Wildman–Crippen MR) is 103 cm³/mol. The first kappa shape index (κ1) is 19.7. The molecule has 1 aromatic carbocycles. The molecule has 0 aromatic heterocycles. The maximum absolute atomic E-state index is 11.7. The number of carbonyl (C=O) groups excluding carboxylic acids is 1. The van der Waals surface area contributed by atoms with Crippen LogP contribution in [-0.2, 0) is 6.42 Å². The Morgan fingerprint density at radius 2 is 1.70 bits per heavy atom. The number of aryl methyl sites for hydroxylation is 1. The number of carbonyl (C=O) groups is 1. The highest BCUT2D eigenvalue weighted by atomic mass is 32.2. The number of hydrogen-bond donors (Lipinski definition) is 2. The van der Waals surface area contributed by atoms with E-state index in [1.165, 1.54) is 11.3 Å². The van der Waals surface area contributed by atoms with Crippen LogP contribution in [0.5, 0.6) is 0 Å². The molecule has 1 rings (SSSR count). The van der Waals surface area contributed by atoms with E-state index in [-0.39, 0.29) is 10.8 Å². The lowest BCUT2D eigenvalue weighted by Gasteiger charge is -2.17. The number of rotatable bonds is 8. The van der Waals surface area contributed by atoms with Crippen LogP contribution in [0.2, 0.25) is 0 Å². The van der Waals surface area contributed by atoms with Gasteiger partial charge in [-0.15, -0.1) is 0 Å². The summed E-state index contributed by atoms with van der Waals surface area (Å²) in [6, 6.07) is 8.49. The molecule has 2 amide bonds. The van der Waals surface area contributed by atoms with E-state index in [1.54, 1.807) is 0 Å². The van der Waals surface area contributed by atoms with Crippen molar-refractivity contribution in [2.24, 2.45) is 0 Å². The molecule has 1 aromatic rings. The average molecular weight is 338 g/mol. The van der Waals surface area contributed by atoms with Crippen LogP contribution < -0.4 is 15.5 Å². The van der Waals surface area contributed by atoms with Gasteiger partial charge in [0.15, 0.2) is 0 Å². The Morgan fingerprint density at radius 3 is 2.26 bits per heavy atom. The Morgan fingerprint density at radius 1 is 1.09 bits per heavy atom. The van der Waals surface area contributed by atoms with Gasteiger partial charge in [-0.25, -0.2) is 4.79 Å². The number of benzene rings is 1. The first-order valence-corrected chi connectivity index (χ1v) is 9.18. The van der Waals surface area contributed by atoms with Crippen molar-refractivity contribution in [2.45, 2.75) is 38.4 Å². The van der Waals surface area contributed by atoms with Crippen molar-refractivity contribution in [3.63, 3.8) is 0 Å². The molecule has 23 heavy (non-hydrogen) atoms. The van der Waals surface area contributed by atoms with Crippen LogP contribution in [0.3, 0.4) is 0 Å². The first-order valence-electron chi connectivity index (χ1n) is 8.20. The van der Waals surface area contributed by atoms with Crippen molar-refractivity contribution in [2.75, 3.05) is 37.8 Å². The standard InChI is InChI=1S/C18H31N3OS/c1-18(2,3)23-14-13-20-17(22)19-12-6-7-15-8-10-16(11-9-15)21(4)5/h8-11H,6-7,12-14H2,1-5H3,(H2,19,20,22). The first-order chi connectivity index (χ1) is 10.8. The molecule has 5 heteroatoms. The SMILES string of the molecule is CN(C)c1ccc(CCCNC(=O)NCCSC(C)(C)C)cc1. The van der Waals surface area contributed by atoms with E-state index >= 15 is 0 Å². The van der Waals surface area contributed by atoms with Crippen molar-refractivity contribution in [3.05, 3.63) is 29.8 Å². The molecular weight excluding hydrogens is 306 g/mol. The number of nitrogens with zero attached hydrogens (tertiary/aromatic N) is 1. The summed E-state index contributed by atoms with van der Waals surface area (Å²) in [4.78, 5) is 13.8. The number of amides is 2. The summed E-state index contributed by atoms with van der Waals surface area (Å²) in [7, 11) is 4.08. The fraction of sp³-hybridized carbons (Fsp3) is 0.611. The van der Waals surface area contributed by atoms with E-state index in [1.807, 2.05) is 25.9 Å². The largest absolute Gasteiger partial charge is 0.378 e. The molecule has 0 aliphatic heterocycles. The smallest absolute Gasteiger partial charge is 0.314 e. The van der Waals surface area contributed by atoms with E-state index in [2.05, 4.69) is 60.6 Å². The summed E-state index contributed by atoms with van der Waals surface area (Å²) in [6.45, 7) is 7.96. The highest BCUT2D eigenvalue weighted by Crippen LogP contribution is 2.21. The highest BCUT2D eigenvalue weighted by molar-refractivity contribution is 8.00. The van der Waals surface area contributed by atoms with Gasteiger partial charge >= 0.3 is 6.03 Å². The summed E-state index contributed by atoms with van der Waals surface area (Å²) in [6.07, 6.45) is 1.93. The van der Waals surface area contributed by atoms with Gasteiger partial charge in [-0.2, -0.15) is 11.8 Å². The van der Waals surface area contributed by atoms with Crippen molar-refractivity contribution in [3.8, 4) is 0 Å². The van der Waals surface area contributed by atoms with E-state index in [9.17, 15) is 4.79 Å². The van der Waals surface area contributed by atoms with Crippen molar-refractivity contribution < 1.29 is 4.79 Å². The van der Waals surface area contributed by atoms with Crippen molar-refractivity contribution >= 4 is 23.5 Å². The lowest BCUT2D eigenvalue weighted by molar-refractivity contribution is 0.241. The number of hydrogen-bond acceptors (Lipinski definition) is 3. The Hall–Kier alpha value is -1.36. The van der Waals surface area contributed by atoms with E-state index < -0.39 is 0 Å². The quantitative estimate of drug-likeness (QED) is 0.714. The molecule has 0 aliphatic rings. The third-order valence-electron chi connectivity index (χ3n) is 3.30. The van der Waals surface area contributed by atoms with Gasteiger partial charge in [-0.05, 0) is 30.5 Å². The molecule has 0 unspecified atom stereocenters. The van der Waals surface area contributed by atoms with E-state index in [0.717, 1.165) is 18.6 Å². The predicted octanol–water partition coefficient (Wildman–Crippen LogP) is 3.52. The average Bonchev–Trinajstić information content (AvgIpc) is 2.47. The molecule has 130 valence electrons. The summed E-state index contributed by atoms with van der Waals surface area (Å²) in [5.41, 5.74) is 2.51. The second-order valence-electron chi connectivity index (χ2n) is 6.81. The zero-order valence-electron chi connectivity index (χ0n) is 15.1. The molecule has 0 aliphatic carbocycles. The lowest BCUT2D eigenvalue weighted by Crippen LogP contribution is -2.37. The molecule has 0 atom stereocenters. The lowest BCUT2D eigenvalue weighted by atomic mass is 10.1. The number of nitrogens with one attached hydrogen (secondary N) is 2. The molecule has 0 bridgehead atoms. The summed E-state index contributed by atoms with van der Waals surface area (Å²) < 4.78 is 0.250. The minimum Gasteiger partial charge on any atom is -0.378 e. The monoisotopic (exact) mass is 337 g/mol. The Bertz CT molecular complexity index is 466. The molecule has 0 saturated heterocycles. The van der Waals surface area contributed by atoms with Crippen LogP contribution in [0.4, 0.5) is 10.5 Å². The molecule has 0 saturated carbocycles. The summed E-state index contributed by atoms with van der Waals surface area (Å²) >= 11 is 1.86. The van der Waals surface area contributed by atoms with Crippen LogP contribution in [0.25, 0.3) is 0 Å². The van der Waals surface area contributed by atoms with Gasteiger partial charge in [0.1, 0.15) is 0 Å². The Kier molecular flexibility index (Phi) is 8.31. The molecular formula is C18H31N3OS. The zero-order chi connectivity index (χ0) is 17.3. The van der Waals surface area contributed by atoms with Crippen molar-refractivity contribution in [1.82, 2.24) is 10.6 Å². The minimum absolute atomic E-state index is 0.0672. The van der Waals surface area contributed by atoms with Gasteiger partial charge in [0, 0.05) is 43.4 Å². The molecule has 0 fully saturated rings. The van der Waals surface area contributed by atoms with Crippen LogP contribution in [0.15, 0.2) is 24.3 Å². The van der Waals surface area contributed by atoms with Gasteiger partial charge in [0.05, 0.1) is 0 Å². The van der Waals surface area contributed by atoms with E-state index in [0.29, 0.717) is 13.1 Å². The van der Waals surface area contributed by atoms with Crippen LogP contribution in [-0.4, -0.2) is 43.7 Å². The summed E-state index contributed by atoms with van der Waals surface area (Å²) in [5, 5.41) is 5.81. The number of urea groups is 1. The van der Waals surface area contributed by atoms with Gasteiger partial charge in [-0.1, -0.05) is 32.9 Å². The van der Waals surface area contributed by atoms with Crippen LogP contribution in [0, 0.1) is 0 Å². The zero-order valence-corrected chi connectivity index (χ0v) is 15.9. The maximum Gasteiger partial charge on any atom is 0.314 e. The van der Waals surface area contributed by atoms with Gasteiger partial charge < -0.3 is 15.5 Å². The highest BCUT2D eigenvalue weighted by Gasteiger charge is 2.09. The van der Waals surface area contributed by atoms with E-state index in [4.69, 9.17) is 0 Å². The third-order valence-corrected chi connectivity index (χ3v) is 4.58. The fourth-order valence-electron chi connectivity index (χ4n) is 2.04. The second kappa shape index (κ2) is 9.71. The molecule has 0 spiro atoms. The minimum atomic E-state index is -0.0672. The molecule has 0 radical (unpaired) electrons. The van der Waals surface area contributed by atoms with Crippen molar-refractivity contribution in [1.29, 1.82) is 0 Å². The second-order valence-corrected chi connectivity index (χ2v) is 8.73. The normalized spacial score (nSPS) is 11.2. The molecule has 0 heterocycles. The molecule has 4 nitrogen and oxygen atoms in total. The van der Waals surface area contributed by atoms with Gasteiger partial charge in [0.2, 0.25) is 0 Å². The Balaban J connectivity index is 2.11. The molecule has 2 N–H and O–H groups in total. The van der Waals surface area contributed by atoms with Gasteiger partial charge in [0.25, 0.3) is 0 Å². The maximum atomic E-state index is 11.7. The van der Waals surface area contributed by atoms with Crippen LogP contribution in [0.1, 0.15) is 32.8 Å². The Labute approximate surface area is 145 Å². The third kappa shape index (κ3) is 9.39. The summed E-state index contributed by atoms with van der Waals surface area (Å²) in [5.74, 6) is 0.940. The number of anilines is 1.